The molecule has 6 nitrogen and oxygen atoms in total. The standard InChI is InChI=1S/C13H16N4O.C8H10FN/c1-16(7-8-17-6-2-3-13(17)18)12-5-4-11(9-14)10-15-12;1-2-3-7-4-8(9)6-10-5-7/h4-5,10H,2-3,6-8H2,1H3;4-6H,2-3H2,1H3. The zero-order valence-corrected chi connectivity index (χ0v) is 16.4. The summed E-state index contributed by atoms with van der Waals surface area (Å²) in [6, 6.07) is 7.14. The minimum absolute atomic E-state index is 0.244. The van der Waals surface area contributed by atoms with Gasteiger partial charge in [-0.2, -0.15) is 5.26 Å². The third-order valence-electron chi connectivity index (χ3n) is 4.44. The van der Waals surface area contributed by atoms with Crippen LogP contribution in [0.5, 0.6) is 0 Å². The summed E-state index contributed by atoms with van der Waals surface area (Å²) < 4.78 is 12.4. The highest BCUT2D eigenvalue weighted by atomic mass is 19.1. The van der Waals surface area contributed by atoms with Crippen LogP contribution in [0, 0.1) is 17.1 Å². The van der Waals surface area contributed by atoms with Crippen molar-refractivity contribution in [3.8, 4) is 6.07 Å². The van der Waals surface area contributed by atoms with E-state index in [9.17, 15) is 9.18 Å². The molecule has 0 unspecified atom stereocenters. The molecular formula is C21H26FN5O. The van der Waals surface area contributed by atoms with E-state index in [0.29, 0.717) is 12.0 Å². The lowest BCUT2D eigenvalue weighted by atomic mass is 10.2. The molecule has 1 fully saturated rings. The van der Waals surface area contributed by atoms with E-state index in [-0.39, 0.29) is 11.7 Å². The number of nitriles is 1. The maximum atomic E-state index is 12.4. The maximum absolute atomic E-state index is 12.4. The van der Waals surface area contributed by atoms with E-state index in [4.69, 9.17) is 5.26 Å². The molecule has 0 aliphatic carbocycles. The zero-order valence-electron chi connectivity index (χ0n) is 16.4. The van der Waals surface area contributed by atoms with E-state index < -0.39 is 0 Å². The quantitative estimate of drug-likeness (QED) is 0.766. The van der Waals surface area contributed by atoms with Crippen LogP contribution in [0.15, 0.2) is 36.8 Å². The Balaban J connectivity index is 0.000000237. The Bertz CT molecular complexity index is 803. The van der Waals surface area contributed by atoms with Crippen LogP contribution in [0.25, 0.3) is 0 Å². The number of anilines is 1. The van der Waals surface area contributed by atoms with Gasteiger partial charge in [-0.05, 0) is 36.6 Å². The summed E-state index contributed by atoms with van der Waals surface area (Å²) >= 11 is 0. The van der Waals surface area contributed by atoms with Crippen molar-refractivity contribution in [2.75, 3.05) is 31.6 Å². The highest BCUT2D eigenvalue weighted by molar-refractivity contribution is 5.78. The van der Waals surface area contributed by atoms with E-state index in [0.717, 1.165) is 50.3 Å². The van der Waals surface area contributed by atoms with Crippen molar-refractivity contribution < 1.29 is 9.18 Å². The molecule has 148 valence electrons. The van der Waals surface area contributed by atoms with Crippen LogP contribution >= 0.6 is 0 Å². The van der Waals surface area contributed by atoms with Gasteiger partial charge in [-0.15, -0.1) is 0 Å². The first kappa shape index (κ1) is 21.3. The van der Waals surface area contributed by atoms with Crippen molar-refractivity contribution >= 4 is 11.7 Å². The molecule has 0 saturated carbocycles. The highest BCUT2D eigenvalue weighted by Crippen LogP contribution is 2.12. The Labute approximate surface area is 165 Å². The van der Waals surface area contributed by atoms with Crippen molar-refractivity contribution in [3.63, 3.8) is 0 Å². The van der Waals surface area contributed by atoms with Gasteiger partial charge in [0.2, 0.25) is 5.91 Å². The fourth-order valence-electron chi connectivity index (χ4n) is 2.88. The van der Waals surface area contributed by atoms with Crippen molar-refractivity contribution in [2.24, 2.45) is 0 Å². The van der Waals surface area contributed by atoms with Crippen LogP contribution < -0.4 is 4.90 Å². The second kappa shape index (κ2) is 11.0. The van der Waals surface area contributed by atoms with Gasteiger partial charge in [0, 0.05) is 45.5 Å². The first-order valence-corrected chi connectivity index (χ1v) is 9.48. The molecule has 0 atom stereocenters. The predicted molar refractivity (Wildman–Crippen MR) is 106 cm³/mol. The van der Waals surface area contributed by atoms with Crippen LogP contribution in [0.2, 0.25) is 0 Å². The molecule has 7 heteroatoms. The number of halogens is 1. The molecule has 0 radical (unpaired) electrons. The van der Waals surface area contributed by atoms with E-state index in [1.807, 2.05) is 29.0 Å². The summed E-state index contributed by atoms with van der Waals surface area (Å²) in [7, 11) is 1.94. The number of aromatic nitrogens is 2. The molecule has 0 aromatic carbocycles. The van der Waals surface area contributed by atoms with Crippen LogP contribution in [-0.2, 0) is 11.2 Å². The fourth-order valence-corrected chi connectivity index (χ4v) is 2.88. The molecule has 1 amide bonds. The number of hydrogen-bond acceptors (Lipinski definition) is 5. The van der Waals surface area contributed by atoms with Gasteiger partial charge in [0.05, 0.1) is 11.8 Å². The molecule has 2 aromatic rings. The first-order chi connectivity index (χ1) is 13.5. The summed E-state index contributed by atoms with van der Waals surface area (Å²) in [4.78, 5) is 23.3. The number of aryl methyl sites for hydroxylation is 1. The predicted octanol–water partition coefficient (Wildman–Crippen LogP) is 3.19. The van der Waals surface area contributed by atoms with Crippen molar-refractivity contribution in [1.82, 2.24) is 14.9 Å². The second-order valence-electron chi connectivity index (χ2n) is 6.68. The summed E-state index contributed by atoms with van der Waals surface area (Å²) in [6.07, 6.45) is 8.07. The van der Waals surface area contributed by atoms with Crippen molar-refractivity contribution in [2.45, 2.75) is 32.6 Å². The number of carbonyl (C=O) groups excluding carboxylic acids is 1. The average Bonchev–Trinajstić information content (AvgIpc) is 3.12. The van der Waals surface area contributed by atoms with Gasteiger partial charge in [-0.3, -0.25) is 9.78 Å². The zero-order chi connectivity index (χ0) is 20.4. The molecule has 0 spiro atoms. The minimum Gasteiger partial charge on any atom is -0.358 e. The number of amides is 1. The molecule has 1 saturated heterocycles. The number of likely N-dealkylation sites (N-methyl/N-ethyl adjacent to an activating group) is 1. The lowest BCUT2D eigenvalue weighted by Gasteiger charge is -2.22. The Hall–Kier alpha value is -3.01. The highest BCUT2D eigenvalue weighted by Gasteiger charge is 2.19. The normalized spacial score (nSPS) is 12.9. The van der Waals surface area contributed by atoms with Crippen molar-refractivity contribution in [3.05, 3.63) is 53.7 Å². The van der Waals surface area contributed by atoms with E-state index in [1.54, 1.807) is 18.5 Å². The van der Waals surface area contributed by atoms with Crippen LogP contribution in [0.1, 0.15) is 37.3 Å². The third-order valence-corrected chi connectivity index (χ3v) is 4.44. The Kier molecular flexibility index (Phi) is 8.35. The third kappa shape index (κ3) is 6.62. The topological polar surface area (TPSA) is 73.1 Å². The molecule has 1 aliphatic heterocycles. The minimum atomic E-state index is -0.244. The second-order valence-corrected chi connectivity index (χ2v) is 6.68. The molecule has 0 bridgehead atoms. The largest absolute Gasteiger partial charge is 0.358 e. The summed E-state index contributed by atoms with van der Waals surface area (Å²) in [5.41, 5.74) is 1.53. The van der Waals surface area contributed by atoms with Gasteiger partial charge in [0.15, 0.2) is 0 Å². The molecule has 3 rings (SSSR count). The van der Waals surface area contributed by atoms with Gasteiger partial charge < -0.3 is 9.80 Å². The molecule has 1 aliphatic rings. The number of carbonyl (C=O) groups is 1. The summed E-state index contributed by atoms with van der Waals surface area (Å²) in [5, 5.41) is 8.70. The van der Waals surface area contributed by atoms with Gasteiger partial charge in [-0.1, -0.05) is 13.3 Å². The summed E-state index contributed by atoms with van der Waals surface area (Å²) in [5.74, 6) is 0.822. The number of rotatable bonds is 6. The van der Waals surface area contributed by atoms with Gasteiger partial charge in [0.1, 0.15) is 17.7 Å². The number of likely N-dealkylation sites (tertiary alicyclic amines) is 1. The lowest BCUT2D eigenvalue weighted by Crippen LogP contribution is -2.34. The number of nitrogens with zero attached hydrogens (tertiary/aromatic N) is 5. The van der Waals surface area contributed by atoms with Gasteiger partial charge >= 0.3 is 0 Å². The molecule has 0 N–H and O–H groups in total. The Morgan fingerprint density at radius 3 is 2.71 bits per heavy atom. The van der Waals surface area contributed by atoms with E-state index in [2.05, 4.69) is 16.9 Å². The summed E-state index contributed by atoms with van der Waals surface area (Å²) in [6.45, 7) is 4.42. The van der Waals surface area contributed by atoms with Crippen molar-refractivity contribution in [1.29, 1.82) is 5.26 Å². The number of hydrogen-bond donors (Lipinski definition) is 0. The van der Waals surface area contributed by atoms with Crippen LogP contribution in [0.3, 0.4) is 0 Å². The molecule has 2 aromatic heterocycles. The SMILES string of the molecule is CCCc1cncc(F)c1.CN(CCN1CCCC1=O)c1ccc(C#N)cn1. The number of pyridine rings is 2. The van der Waals surface area contributed by atoms with Crippen LogP contribution in [-0.4, -0.2) is 47.5 Å². The smallest absolute Gasteiger partial charge is 0.222 e. The Morgan fingerprint density at radius 2 is 2.14 bits per heavy atom. The molecular weight excluding hydrogens is 357 g/mol. The fraction of sp³-hybridized carbons (Fsp3) is 0.429. The Morgan fingerprint density at radius 1 is 1.32 bits per heavy atom. The lowest BCUT2D eigenvalue weighted by molar-refractivity contribution is -0.127. The monoisotopic (exact) mass is 383 g/mol. The molecule has 28 heavy (non-hydrogen) atoms. The average molecular weight is 383 g/mol. The van der Waals surface area contributed by atoms with E-state index >= 15 is 0 Å². The van der Waals surface area contributed by atoms with Gasteiger partial charge in [0.25, 0.3) is 0 Å². The maximum Gasteiger partial charge on any atom is 0.222 e. The first-order valence-electron chi connectivity index (χ1n) is 9.48. The van der Waals surface area contributed by atoms with Crippen LogP contribution in [0.4, 0.5) is 10.2 Å². The van der Waals surface area contributed by atoms with Gasteiger partial charge in [-0.25, -0.2) is 9.37 Å². The van der Waals surface area contributed by atoms with E-state index in [1.165, 1.54) is 12.3 Å². The molecule has 3 heterocycles.